The van der Waals surface area contributed by atoms with E-state index in [1.165, 1.54) is 37.0 Å². The summed E-state index contributed by atoms with van der Waals surface area (Å²) >= 11 is 4.26. The van der Waals surface area contributed by atoms with Crippen LogP contribution in [0.4, 0.5) is 0 Å². The predicted molar refractivity (Wildman–Crippen MR) is 47.7 cm³/mol. The lowest BCUT2D eigenvalue weighted by molar-refractivity contribution is -0.914. The van der Waals surface area contributed by atoms with E-state index in [4.69, 9.17) is 4.74 Å². The average molecular weight is 174 g/mol. The molecule has 0 aromatic carbocycles. The first-order valence-corrected chi connectivity index (χ1v) is 5.05. The summed E-state index contributed by atoms with van der Waals surface area (Å²) in [7, 11) is 0. The van der Waals surface area contributed by atoms with Crippen molar-refractivity contribution in [3.8, 4) is 0 Å². The number of rotatable bonds is 1. The molecule has 1 unspecified atom stereocenters. The fraction of sp³-hybridized carbons (Fsp3) is 1.00. The molecule has 0 saturated carbocycles. The van der Waals surface area contributed by atoms with Gasteiger partial charge in [-0.15, -0.1) is 0 Å². The zero-order valence-electron chi connectivity index (χ0n) is 6.83. The molecular formula is C8H16NOS+. The van der Waals surface area contributed by atoms with Crippen molar-refractivity contribution in [2.45, 2.75) is 18.9 Å². The summed E-state index contributed by atoms with van der Waals surface area (Å²) < 4.78 is 6.86. The van der Waals surface area contributed by atoms with Crippen LogP contribution in [0, 0.1) is 0 Å². The first kappa shape index (κ1) is 7.90. The van der Waals surface area contributed by atoms with Gasteiger partial charge in [0, 0.05) is 18.6 Å². The Labute approximate surface area is 73.5 Å². The van der Waals surface area contributed by atoms with Crippen molar-refractivity contribution in [2.75, 3.05) is 32.1 Å². The lowest BCUT2D eigenvalue weighted by Crippen LogP contribution is -2.43. The summed E-state index contributed by atoms with van der Waals surface area (Å²) in [5.74, 6) is 0.889. The van der Waals surface area contributed by atoms with E-state index >= 15 is 0 Å². The molecule has 3 heteroatoms. The standard InChI is InChI=1S/C8H15NOS/c11-6-8-5-9(7-10-8)3-1-2-4-9/h8H,1-7H2/p+1. The molecule has 0 N–H and O–H groups in total. The Morgan fingerprint density at radius 3 is 2.64 bits per heavy atom. The van der Waals surface area contributed by atoms with Crippen molar-refractivity contribution in [3.05, 3.63) is 0 Å². The third-order valence-corrected chi connectivity index (χ3v) is 3.30. The largest absolute Gasteiger partial charge is 0.322 e. The number of quaternary nitrogens is 1. The van der Waals surface area contributed by atoms with Gasteiger partial charge in [-0.1, -0.05) is 0 Å². The molecule has 0 aromatic heterocycles. The van der Waals surface area contributed by atoms with Gasteiger partial charge in [0.2, 0.25) is 0 Å². The Hall–Kier alpha value is 0.270. The van der Waals surface area contributed by atoms with Crippen molar-refractivity contribution < 1.29 is 9.22 Å². The summed E-state index contributed by atoms with van der Waals surface area (Å²) in [6, 6.07) is 0. The van der Waals surface area contributed by atoms with Crippen LogP contribution in [0.1, 0.15) is 12.8 Å². The SMILES string of the molecule is SCC1C[N+]2(CCCC2)CO1. The molecule has 0 radical (unpaired) electrons. The highest BCUT2D eigenvalue weighted by Gasteiger charge is 2.40. The molecule has 0 aromatic rings. The molecule has 11 heavy (non-hydrogen) atoms. The van der Waals surface area contributed by atoms with Crippen molar-refractivity contribution in [1.29, 1.82) is 0 Å². The van der Waals surface area contributed by atoms with Crippen LogP contribution < -0.4 is 0 Å². The van der Waals surface area contributed by atoms with Crippen molar-refractivity contribution in [3.63, 3.8) is 0 Å². The van der Waals surface area contributed by atoms with Gasteiger partial charge >= 0.3 is 0 Å². The summed E-state index contributed by atoms with van der Waals surface area (Å²) in [5, 5.41) is 0. The predicted octanol–water partition coefficient (Wildman–Crippen LogP) is 0.883. The number of hydrogen-bond acceptors (Lipinski definition) is 2. The monoisotopic (exact) mass is 174 g/mol. The number of nitrogens with zero attached hydrogens (tertiary/aromatic N) is 1. The summed E-state index contributed by atoms with van der Waals surface area (Å²) in [6.45, 7) is 4.84. The molecule has 2 nitrogen and oxygen atoms in total. The lowest BCUT2D eigenvalue weighted by atomic mass is 10.3. The molecule has 0 amide bonds. The van der Waals surface area contributed by atoms with Crippen LogP contribution in [-0.2, 0) is 4.74 Å². The van der Waals surface area contributed by atoms with Crippen molar-refractivity contribution >= 4 is 12.6 Å². The first-order chi connectivity index (χ1) is 5.35. The Morgan fingerprint density at radius 2 is 2.09 bits per heavy atom. The third-order valence-electron chi connectivity index (χ3n) is 2.89. The third kappa shape index (κ3) is 1.42. The molecule has 0 bridgehead atoms. The number of hydrogen-bond donors (Lipinski definition) is 1. The minimum atomic E-state index is 0.427. The van der Waals surface area contributed by atoms with Crippen LogP contribution in [0.25, 0.3) is 0 Å². The second kappa shape index (κ2) is 2.96. The maximum Gasteiger partial charge on any atom is 0.183 e. The second-order valence-electron chi connectivity index (χ2n) is 3.78. The molecule has 64 valence electrons. The molecule has 2 aliphatic heterocycles. The Balaban J connectivity index is 1.96. The molecule has 1 spiro atoms. The highest BCUT2D eigenvalue weighted by Crippen LogP contribution is 2.26. The van der Waals surface area contributed by atoms with Crippen molar-refractivity contribution in [2.24, 2.45) is 0 Å². The maximum absolute atomic E-state index is 5.64. The van der Waals surface area contributed by atoms with E-state index in [-0.39, 0.29) is 0 Å². The Kier molecular flexibility index (Phi) is 2.12. The Bertz CT molecular complexity index is 145. The van der Waals surface area contributed by atoms with Crippen LogP contribution in [0.3, 0.4) is 0 Å². The molecule has 2 rings (SSSR count). The van der Waals surface area contributed by atoms with Gasteiger partial charge in [0.1, 0.15) is 12.6 Å². The molecule has 2 saturated heterocycles. The van der Waals surface area contributed by atoms with E-state index in [0.717, 1.165) is 12.5 Å². The van der Waals surface area contributed by atoms with Gasteiger partial charge < -0.3 is 4.74 Å². The molecule has 1 atom stereocenters. The van der Waals surface area contributed by atoms with E-state index in [2.05, 4.69) is 12.6 Å². The highest BCUT2D eigenvalue weighted by molar-refractivity contribution is 7.80. The lowest BCUT2D eigenvalue weighted by Gasteiger charge is -2.26. The summed E-state index contributed by atoms with van der Waals surface area (Å²) in [4.78, 5) is 0. The Morgan fingerprint density at radius 1 is 1.36 bits per heavy atom. The van der Waals surface area contributed by atoms with E-state index in [9.17, 15) is 0 Å². The van der Waals surface area contributed by atoms with Crippen LogP contribution >= 0.6 is 12.6 Å². The van der Waals surface area contributed by atoms with Gasteiger partial charge in [-0.3, -0.25) is 4.48 Å². The van der Waals surface area contributed by atoms with E-state index in [1.54, 1.807) is 0 Å². The molecule has 0 aliphatic carbocycles. The fourth-order valence-electron chi connectivity index (χ4n) is 2.23. The average Bonchev–Trinajstić information content (AvgIpc) is 2.62. The molecule has 2 aliphatic rings. The zero-order valence-corrected chi connectivity index (χ0v) is 7.72. The van der Waals surface area contributed by atoms with Gasteiger partial charge in [0.15, 0.2) is 6.73 Å². The normalized spacial score (nSPS) is 35.2. The quantitative estimate of drug-likeness (QED) is 0.459. The van der Waals surface area contributed by atoms with Gasteiger partial charge in [-0.25, -0.2) is 0 Å². The summed E-state index contributed by atoms with van der Waals surface area (Å²) in [6.07, 6.45) is 3.21. The molecule has 2 fully saturated rings. The van der Waals surface area contributed by atoms with E-state index in [0.29, 0.717) is 6.10 Å². The number of ether oxygens (including phenoxy) is 1. The van der Waals surface area contributed by atoms with Gasteiger partial charge in [-0.05, 0) is 0 Å². The van der Waals surface area contributed by atoms with Crippen LogP contribution in [-0.4, -0.2) is 42.7 Å². The van der Waals surface area contributed by atoms with Crippen molar-refractivity contribution in [1.82, 2.24) is 0 Å². The summed E-state index contributed by atoms with van der Waals surface area (Å²) in [5.41, 5.74) is 0. The molecule has 2 heterocycles. The fourth-order valence-corrected chi connectivity index (χ4v) is 2.45. The van der Waals surface area contributed by atoms with Gasteiger partial charge in [0.05, 0.1) is 13.1 Å². The van der Waals surface area contributed by atoms with Crippen LogP contribution in [0.2, 0.25) is 0 Å². The highest BCUT2D eigenvalue weighted by atomic mass is 32.1. The maximum atomic E-state index is 5.64. The van der Waals surface area contributed by atoms with E-state index < -0.39 is 0 Å². The van der Waals surface area contributed by atoms with Crippen LogP contribution in [0.5, 0.6) is 0 Å². The minimum Gasteiger partial charge on any atom is -0.322 e. The van der Waals surface area contributed by atoms with Gasteiger partial charge in [0.25, 0.3) is 0 Å². The zero-order chi connectivity index (χ0) is 7.73. The number of thiol groups is 1. The topological polar surface area (TPSA) is 9.23 Å². The smallest absolute Gasteiger partial charge is 0.183 e. The second-order valence-corrected chi connectivity index (χ2v) is 4.14. The van der Waals surface area contributed by atoms with E-state index in [1.807, 2.05) is 0 Å². The minimum absolute atomic E-state index is 0.427. The first-order valence-electron chi connectivity index (χ1n) is 4.42. The van der Waals surface area contributed by atoms with Gasteiger partial charge in [-0.2, -0.15) is 12.6 Å². The van der Waals surface area contributed by atoms with Crippen LogP contribution in [0.15, 0.2) is 0 Å². The molecular weight excluding hydrogens is 158 g/mol.